The molecule has 0 spiro atoms. The zero-order valence-corrected chi connectivity index (χ0v) is 13.7. The van der Waals surface area contributed by atoms with Gasteiger partial charge in [-0.15, -0.1) is 0 Å². The number of benzene rings is 3. The number of rotatable bonds is 5. The minimum Gasteiger partial charge on any atom is -0.491 e. The number of aliphatic hydroxyl groups is 1. The van der Waals surface area contributed by atoms with Crippen molar-refractivity contribution >= 4 is 0 Å². The molecule has 124 valence electrons. The first kappa shape index (κ1) is 17.6. The maximum Gasteiger partial charge on any atom is 0.127 e. The molecule has 0 bridgehead atoms. The van der Waals surface area contributed by atoms with E-state index in [9.17, 15) is 0 Å². The fourth-order valence-corrected chi connectivity index (χ4v) is 1.85. The van der Waals surface area contributed by atoms with Crippen LogP contribution in [0, 0.1) is 0 Å². The number of ether oxygens (including phenoxy) is 2. The molecule has 3 aromatic carbocycles. The molecule has 24 heavy (non-hydrogen) atoms. The molecular formula is C21H22O3. The van der Waals surface area contributed by atoms with Gasteiger partial charge in [0, 0.05) is 0 Å². The highest BCUT2D eigenvalue weighted by Gasteiger charge is 1.95. The first-order valence-electron chi connectivity index (χ1n) is 7.88. The molecule has 0 amide bonds. The van der Waals surface area contributed by atoms with Crippen molar-refractivity contribution in [3.05, 3.63) is 91.0 Å². The van der Waals surface area contributed by atoms with Crippen molar-refractivity contribution in [2.24, 2.45) is 0 Å². The van der Waals surface area contributed by atoms with Crippen LogP contribution in [0.4, 0.5) is 0 Å². The van der Waals surface area contributed by atoms with Crippen molar-refractivity contribution in [2.75, 3.05) is 6.61 Å². The molecule has 0 aliphatic carbocycles. The van der Waals surface area contributed by atoms with Gasteiger partial charge >= 0.3 is 0 Å². The number of hydrogen-bond acceptors (Lipinski definition) is 3. The van der Waals surface area contributed by atoms with E-state index < -0.39 is 6.10 Å². The minimum atomic E-state index is -0.407. The molecule has 0 heterocycles. The van der Waals surface area contributed by atoms with Crippen LogP contribution in [0.3, 0.4) is 0 Å². The Morgan fingerprint density at radius 3 is 1.42 bits per heavy atom. The number of hydrogen-bond donors (Lipinski definition) is 1. The Bertz CT molecular complexity index is 630. The summed E-state index contributed by atoms with van der Waals surface area (Å²) in [4.78, 5) is 0. The molecule has 1 atom stereocenters. The largest absolute Gasteiger partial charge is 0.491 e. The van der Waals surface area contributed by atoms with Gasteiger partial charge in [-0.25, -0.2) is 0 Å². The van der Waals surface area contributed by atoms with Crippen LogP contribution >= 0.6 is 0 Å². The van der Waals surface area contributed by atoms with E-state index in [0.717, 1.165) is 17.2 Å². The third-order valence-electron chi connectivity index (χ3n) is 2.96. The van der Waals surface area contributed by atoms with Gasteiger partial charge in [0.1, 0.15) is 23.9 Å². The number of aliphatic hydroxyl groups excluding tert-OH is 1. The van der Waals surface area contributed by atoms with E-state index in [1.54, 1.807) is 6.92 Å². The maximum absolute atomic E-state index is 8.89. The Balaban J connectivity index is 0.000000177. The van der Waals surface area contributed by atoms with Crippen LogP contribution in [0.1, 0.15) is 6.92 Å². The highest BCUT2D eigenvalue weighted by molar-refractivity contribution is 5.30. The quantitative estimate of drug-likeness (QED) is 0.724. The minimum absolute atomic E-state index is 0.351. The fraction of sp³-hybridized carbons (Fsp3) is 0.143. The molecule has 1 unspecified atom stereocenters. The van der Waals surface area contributed by atoms with E-state index in [0.29, 0.717) is 6.61 Å². The summed E-state index contributed by atoms with van der Waals surface area (Å²) >= 11 is 0. The number of para-hydroxylation sites is 3. The van der Waals surface area contributed by atoms with E-state index in [1.807, 2.05) is 91.0 Å². The second-order valence-electron chi connectivity index (χ2n) is 5.20. The van der Waals surface area contributed by atoms with E-state index >= 15 is 0 Å². The summed E-state index contributed by atoms with van der Waals surface area (Å²) in [7, 11) is 0. The van der Waals surface area contributed by atoms with Crippen LogP contribution in [0.2, 0.25) is 0 Å². The van der Waals surface area contributed by atoms with Gasteiger partial charge in [0.05, 0.1) is 6.10 Å². The molecule has 3 aromatic rings. The lowest BCUT2D eigenvalue weighted by molar-refractivity contribution is 0.123. The zero-order valence-electron chi connectivity index (χ0n) is 13.7. The van der Waals surface area contributed by atoms with Crippen molar-refractivity contribution in [3.63, 3.8) is 0 Å². The fourth-order valence-electron chi connectivity index (χ4n) is 1.85. The van der Waals surface area contributed by atoms with Gasteiger partial charge in [0.25, 0.3) is 0 Å². The first-order valence-corrected chi connectivity index (χ1v) is 7.88. The molecule has 3 heteroatoms. The Morgan fingerprint density at radius 2 is 1.04 bits per heavy atom. The predicted octanol–water partition coefficient (Wildman–Crippen LogP) is 4.93. The molecule has 0 saturated heterocycles. The van der Waals surface area contributed by atoms with Gasteiger partial charge in [0.15, 0.2) is 0 Å². The molecule has 0 saturated carbocycles. The summed E-state index contributed by atoms with van der Waals surface area (Å²) in [5.41, 5.74) is 0. The van der Waals surface area contributed by atoms with E-state index in [-0.39, 0.29) is 0 Å². The van der Waals surface area contributed by atoms with Crippen LogP contribution in [-0.2, 0) is 0 Å². The smallest absolute Gasteiger partial charge is 0.127 e. The molecule has 0 fully saturated rings. The predicted molar refractivity (Wildman–Crippen MR) is 96.6 cm³/mol. The summed E-state index contributed by atoms with van der Waals surface area (Å²) in [5.74, 6) is 2.54. The molecule has 0 aliphatic rings. The SMILES string of the molecule is CC(O)COc1ccccc1.c1ccc(Oc2ccccc2)cc1. The van der Waals surface area contributed by atoms with Crippen molar-refractivity contribution in [2.45, 2.75) is 13.0 Å². The highest BCUT2D eigenvalue weighted by atomic mass is 16.5. The van der Waals surface area contributed by atoms with Crippen LogP contribution in [0.25, 0.3) is 0 Å². The van der Waals surface area contributed by atoms with Crippen LogP contribution < -0.4 is 9.47 Å². The van der Waals surface area contributed by atoms with Crippen molar-refractivity contribution in [1.82, 2.24) is 0 Å². The molecular weight excluding hydrogens is 300 g/mol. The lowest BCUT2D eigenvalue weighted by atomic mass is 10.3. The molecule has 0 aliphatic heterocycles. The van der Waals surface area contributed by atoms with Crippen LogP contribution in [-0.4, -0.2) is 17.8 Å². The molecule has 0 radical (unpaired) electrons. The maximum atomic E-state index is 8.89. The standard InChI is InChI=1S/C12H10O.C9H12O2/c1-3-7-11(8-4-1)13-12-9-5-2-6-10-12;1-8(10)7-11-9-5-3-2-4-6-9/h1-10H;2-6,8,10H,7H2,1H3. The lowest BCUT2D eigenvalue weighted by Crippen LogP contribution is -2.12. The van der Waals surface area contributed by atoms with Gasteiger partial charge in [0.2, 0.25) is 0 Å². The summed E-state index contributed by atoms with van der Waals surface area (Å²) in [5, 5.41) is 8.89. The molecule has 3 nitrogen and oxygen atoms in total. The molecule has 0 aromatic heterocycles. The van der Waals surface area contributed by atoms with Crippen LogP contribution in [0.15, 0.2) is 91.0 Å². The second kappa shape index (κ2) is 10.1. The van der Waals surface area contributed by atoms with Gasteiger partial charge in [-0.2, -0.15) is 0 Å². The average Bonchev–Trinajstić information content (AvgIpc) is 2.63. The Kier molecular flexibility index (Phi) is 7.38. The second-order valence-corrected chi connectivity index (χ2v) is 5.20. The first-order chi connectivity index (χ1) is 11.7. The third-order valence-corrected chi connectivity index (χ3v) is 2.96. The summed E-state index contributed by atoms with van der Waals surface area (Å²) < 4.78 is 10.8. The van der Waals surface area contributed by atoms with Gasteiger partial charge in [-0.3, -0.25) is 0 Å². The van der Waals surface area contributed by atoms with Crippen molar-refractivity contribution < 1.29 is 14.6 Å². The van der Waals surface area contributed by atoms with E-state index in [1.165, 1.54) is 0 Å². The molecule has 1 N–H and O–H groups in total. The van der Waals surface area contributed by atoms with E-state index in [4.69, 9.17) is 14.6 Å². The molecule has 3 rings (SSSR count). The Morgan fingerprint density at radius 1 is 0.667 bits per heavy atom. The summed E-state index contributed by atoms with van der Waals surface area (Å²) in [6, 6.07) is 29.0. The van der Waals surface area contributed by atoms with Crippen molar-refractivity contribution in [3.8, 4) is 17.2 Å². The normalized spacial score (nSPS) is 10.9. The summed E-state index contributed by atoms with van der Waals surface area (Å²) in [6.45, 7) is 2.05. The van der Waals surface area contributed by atoms with Gasteiger partial charge < -0.3 is 14.6 Å². The zero-order chi connectivity index (χ0) is 17.0. The third kappa shape index (κ3) is 6.99. The lowest BCUT2D eigenvalue weighted by Gasteiger charge is -2.06. The topological polar surface area (TPSA) is 38.7 Å². The van der Waals surface area contributed by atoms with E-state index in [2.05, 4.69) is 0 Å². The Hall–Kier alpha value is -2.78. The van der Waals surface area contributed by atoms with Gasteiger partial charge in [-0.1, -0.05) is 54.6 Å². The van der Waals surface area contributed by atoms with Gasteiger partial charge in [-0.05, 0) is 43.3 Å². The van der Waals surface area contributed by atoms with Crippen LogP contribution in [0.5, 0.6) is 17.2 Å². The monoisotopic (exact) mass is 322 g/mol. The van der Waals surface area contributed by atoms with Crippen molar-refractivity contribution in [1.29, 1.82) is 0 Å². The Labute approximate surface area is 143 Å². The highest BCUT2D eigenvalue weighted by Crippen LogP contribution is 2.19. The summed E-state index contributed by atoms with van der Waals surface area (Å²) in [6.07, 6.45) is -0.407. The average molecular weight is 322 g/mol.